The van der Waals surface area contributed by atoms with Crippen LogP contribution in [0.25, 0.3) is 16.9 Å². The SMILES string of the molecule is Cc1ccccc1-n1c(Cc2ccccc2O)nc2cccnc21. The summed E-state index contributed by atoms with van der Waals surface area (Å²) in [5, 5.41) is 10.1. The van der Waals surface area contributed by atoms with Crippen LogP contribution >= 0.6 is 0 Å². The van der Waals surface area contributed by atoms with Crippen molar-refractivity contribution in [3.63, 3.8) is 0 Å². The summed E-state index contributed by atoms with van der Waals surface area (Å²) < 4.78 is 2.08. The molecular weight excluding hydrogens is 298 g/mol. The van der Waals surface area contributed by atoms with E-state index in [0.717, 1.165) is 33.8 Å². The fraction of sp³-hybridized carbons (Fsp3) is 0.100. The number of pyridine rings is 1. The van der Waals surface area contributed by atoms with Crippen molar-refractivity contribution in [1.82, 2.24) is 14.5 Å². The van der Waals surface area contributed by atoms with Crippen LogP contribution in [0.3, 0.4) is 0 Å². The number of rotatable bonds is 3. The van der Waals surface area contributed by atoms with Gasteiger partial charge in [-0.2, -0.15) is 0 Å². The molecule has 4 aromatic rings. The zero-order valence-corrected chi connectivity index (χ0v) is 13.3. The lowest BCUT2D eigenvalue weighted by Gasteiger charge is -2.12. The van der Waals surface area contributed by atoms with E-state index in [-0.39, 0.29) is 5.75 Å². The normalized spacial score (nSPS) is 11.0. The van der Waals surface area contributed by atoms with Gasteiger partial charge in [0.2, 0.25) is 0 Å². The Balaban J connectivity index is 1.94. The van der Waals surface area contributed by atoms with E-state index < -0.39 is 0 Å². The third-order valence-electron chi connectivity index (χ3n) is 4.18. The molecule has 0 spiro atoms. The Kier molecular flexibility index (Phi) is 3.50. The number of nitrogens with zero attached hydrogens (tertiary/aromatic N) is 3. The number of aromatic hydroxyl groups is 1. The Bertz CT molecular complexity index is 1020. The number of para-hydroxylation sites is 2. The van der Waals surface area contributed by atoms with Crippen molar-refractivity contribution in [3.05, 3.63) is 83.8 Å². The van der Waals surface area contributed by atoms with Crippen molar-refractivity contribution < 1.29 is 5.11 Å². The quantitative estimate of drug-likeness (QED) is 0.621. The molecule has 118 valence electrons. The highest BCUT2D eigenvalue weighted by Crippen LogP contribution is 2.26. The van der Waals surface area contributed by atoms with E-state index in [4.69, 9.17) is 4.98 Å². The van der Waals surface area contributed by atoms with E-state index in [0.29, 0.717) is 6.42 Å². The number of benzene rings is 2. The summed E-state index contributed by atoms with van der Waals surface area (Å²) >= 11 is 0. The van der Waals surface area contributed by atoms with Gasteiger partial charge in [0.1, 0.15) is 17.1 Å². The van der Waals surface area contributed by atoms with Crippen molar-refractivity contribution in [2.24, 2.45) is 0 Å². The molecular formula is C20H17N3O. The van der Waals surface area contributed by atoms with Gasteiger partial charge in [0.25, 0.3) is 0 Å². The Labute approximate surface area is 140 Å². The summed E-state index contributed by atoms with van der Waals surface area (Å²) in [5.41, 5.74) is 4.75. The Hall–Kier alpha value is -3.14. The molecule has 0 fully saturated rings. The third-order valence-corrected chi connectivity index (χ3v) is 4.18. The average molecular weight is 315 g/mol. The number of hydrogen-bond donors (Lipinski definition) is 1. The highest BCUT2D eigenvalue weighted by Gasteiger charge is 2.16. The molecule has 0 unspecified atom stereocenters. The van der Waals surface area contributed by atoms with E-state index >= 15 is 0 Å². The molecule has 0 radical (unpaired) electrons. The number of fused-ring (bicyclic) bond motifs is 1. The van der Waals surface area contributed by atoms with Crippen LogP contribution in [0.4, 0.5) is 0 Å². The van der Waals surface area contributed by atoms with Gasteiger partial charge in [-0.25, -0.2) is 9.97 Å². The van der Waals surface area contributed by atoms with Crippen molar-refractivity contribution >= 4 is 11.2 Å². The highest BCUT2D eigenvalue weighted by molar-refractivity contribution is 5.74. The summed E-state index contributed by atoms with van der Waals surface area (Å²) in [6, 6.07) is 19.4. The van der Waals surface area contributed by atoms with Crippen LogP contribution in [0.1, 0.15) is 17.0 Å². The molecule has 0 amide bonds. The fourth-order valence-corrected chi connectivity index (χ4v) is 2.98. The van der Waals surface area contributed by atoms with Crippen LogP contribution in [0.15, 0.2) is 66.9 Å². The predicted octanol–water partition coefficient (Wildman–Crippen LogP) is 4.03. The fourth-order valence-electron chi connectivity index (χ4n) is 2.98. The van der Waals surface area contributed by atoms with Crippen LogP contribution in [0.2, 0.25) is 0 Å². The largest absolute Gasteiger partial charge is 0.508 e. The topological polar surface area (TPSA) is 50.9 Å². The monoisotopic (exact) mass is 315 g/mol. The molecule has 2 aromatic carbocycles. The lowest BCUT2D eigenvalue weighted by Crippen LogP contribution is -2.04. The maximum Gasteiger partial charge on any atom is 0.164 e. The second-order valence-electron chi connectivity index (χ2n) is 5.80. The zero-order valence-electron chi connectivity index (χ0n) is 13.3. The molecule has 0 saturated heterocycles. The minimum atomic E-state index is 0.286. The maximum absolute atomic E-state index is 10.1. The standard InChI is InChI=1S/C20H17N3O/c1-14-7-2-4-10-17(14)23-19(13-15-8-3-5-11-18(15)24)22-16-9-6-12-21-20(16)23/h2-12,24H,13H2,1H3. The molecule has 24 heavy (non-hydrogen) atoms. The lowest BCUT2D eigenvalue weighted by atomic mass is 10.1. The summed E-state index contributed by atoms with van der Waals surface area (Å²) in [6.07, 6.45) is 2.32. The first-order chi connectivity index (χ1) is 11.7. The molecule has 4 rings (SSSR count). The number of imidazole rings is 1. The first-order valence-electron chi connectivity index (χ1n) is 7.89. The summed E-state index contributed by atoms with van der Waals surface area (Å²) in [7, 11) is 0. The van der Waals surface area contributed by atoms with Gasteiger partial charge in [-0.15, -0.1) is 0 Å². The molecule has 0 aliphatic carbocycles. The van der Waals surface area contributed by atoms with Crippen molar-refractivity contribution in [2.75, 3.05) is 0 Å². The summed E-state index contributed by atoms with van der Waals surface area (Å²) in [6.45, 7) is 2.08. The van der Waals surface area contributed by atoms with Crippen molar-refractivity contribution in [3.8, 4) is 11.4 Å². The Morgan fingerprint density at radius 3 is 2.58 bits per heavy atom. The van der Waals surface area contributed by atoms with Gasteiger partial charge in [-0.1, -0.05) is 36.4 Å². The Morgan fingerprint density at radius 1 is 0.958 bits per heavy atom. The first kappa shape index (κ1) is 14.5. The van der Waals surface area contributed by atoms with Crippen molar-refractivity contribution in [1.29, 1.82) is 0 Å². The molecule has 2 heterocycles. The van der Waals surface area contributed by atoms with E-state index in [2.05, 4.69) is 28.6 Å². The van der Waals surface area contributed by atoms with Gasteiger partial charge in [-0.3, -0.25) is 4.57 Å². The molecule has 1 N–H and O–H groups in total. The number of hydrogen-bond acceptors (Lipinski definition) is 3. The van der Waals surface area contributed by atoms with Crippen LogP contribution in [0, 0.1) is 6.92 Å². The maximum atomic E-state index is 10.1. The average Bonchev–Trinajstić information content (AvgIpc) is 2.95. The number of phenolic OH excluding ortho intramolecular Hbond substituents is 1. The van der Waals surface area contributed by atoms with Crippen molar-refractivity contribution in [2.45, 2.75) is 13.3 Å². The van der Waals surface area contributed by atoms with Gasteiger partial charge in [0.15, 0.2) is 5.65 Å². The highest BCUT2D eigenvalue weighted by atomic mass is 16.3. The van der Waals surface area contributed by atoms with Gasteiger partial charge in [0.05, 0.1) is 5.69 Å². The number of aromatic nitrogens is 3. The second-order valence-corrected chi connectivity index (χ2v) is 5.80. The second kappa shape index (κ2) is 5.81. The summed E-state index contributed by atoms with van der Waals surface area (Å²) in [5.74, 6) is 1.15. The zero-order chi connectivity index (χ0) is 16.5. The minimum Gasteiger partial charge on any atom is -0.508 e. The number of phenols is 1. The molecule has 0 atom stereocenters. The van der Waals surface area contributed by atoms with Gasteiger partial charge in [0, 0.05) is 18.2 Å². The molecule has 0 saturated carbocycles. The molecule has 2 aromatic heterocycles. The third kappa shape index (κ3) is 2.42. The van der Waals surface area contributed by atoms with E-state index in [1.165, 1.54) is 0 Å². The van der Waals surface area contributed by atoms with Crippen LogP contribution in [-0.4, -0.2) is 19.6 Å². The lowest BCUT2D eigenvalue weighted by molar-refractivity contribution is 0.469. The van der Waals surface area contributed by atoms with Crippen LogP contribution in [0.5, 0.6) is 5.75 Å². The van der Waals surface area contributed by atoms with Gasteiger partial charge < -0.3 is 5.11 Å². The van der Waals surface area contributed by atoms with E-state index in [1.54, 1.807) is 12.3 Å². The Morgan fingerprint density at radius 2 is 1.75 bits per heavy atom. The van der Waals surface area contributed by atoms with Gasteiger partial charge >= 0.3 is 0 Å². The molecule has 0 bridgehead atoms. The molecule has 0 aliphatic heterocycles. The van der Waals surface area contributed by atoms with E-state index in [1.807, 2.05) is 42.5 Å². The first-order valence-corrected chi connectivity index (χ1v) is 7.89. The van der Waals surface area contributed by atoms with Crippen LogP contribution in [-0.2, 0) is 6.42 Å². The minimum absolute atomic E-state index is 0.286. The smallest absolute Gasteiger partial charge is 0.164 e. The van der Waals surface area contributed by atoms with Crippen LogP contribution < -0.4 is 0 Å². The number of aryl methyl sites for hydroxylation is 1. The van der Waals surface area contributed by atoms with Gasteiger partial charge in [-0.05, 0) is 36.8 Å². The molecule has 0 aliphatic rings. The molecule has 4 nitrogen and oxygen atoms in total. The summed E-state index contributed by atoms with van der Waals surface area (Å²) in [4.78, 5) is 9.28. The molecule has 4 heteroatoms. The van der Waals surface area contributed by atoms with E-state index in [9.17, 15) is 5.11 Å². The predicted molar refractivity (Wildman–Crippen MR) is 94.5 cm³/mol.